The van der Waals surface area contributed by atoms with Crippen LogP contribution >= 0.6 is 0 Å². The summed E-state index contributed by atoms with van der Waals surface area (Å²) >= 11 is 0. The third-order valence-electron chi connectivity index (χ3n) is 2.50. The minimum absolute atomic E-state index is 0.390. The van der Waals surface area contributed by atoms with Crippen molar-refractivity contribution >= 4 is 0 Å². The Morgan fingerprint density at radius 2 is 2.54 bits per heavy atom. The van der Waals surface area contributed by atoms with E-state index in [2.05, 4.69) is 10.3 Å². The highest BCUT2D eigenvalue weighted by Gasteiger charge is 2.22. The first-order chi connectivity index (χ1) is 6.31. The first-order valence-corrected chi connectivity index (χ1v) is 4.68. The van der Waals surface area contributed by atoms with Gasteiger partial charge in [0, 0.05) is 12.5 Å². The molecule has 13 heavy (non-hydrogen) atoms. The van der Waals surface area contributed by atoms with Crippen LogP contribution in [0.4, 0.5) is 0 Å². The predicted octanol–water partition coefficient (Wildman–Crippen LogP) is 0.519. The summed E-state index contributed by atoms with van der Waals surface area (Å²) in [5.41, 5.74) is 6.55. The fraction of sp³-hybridized carbons (Fsp3) is 0.667. The molecule has 0 aromatic carbocycles. The first-order valence-electron chi connectivity index (χ1n) is 4.68. The lowest BCUT2D eigenvalue weighted by Crippen LogP contribution is -2.09. The summed E-state index contributed by atoms with van der Waals surface area (Å²) in [4.78, 5) is 4.38. The van der Waals surface area contributed by atoms with Crippen molar-refractivity contribution in [1.29, 1.82) is 0 Å². The second-order valence-corrected chi connectivity index (χ2v) is 3.44. The molecule has 1 unspecified atom stereocenters. The van der Waals surface area contributed by atoms with Crippen molar-refractivity contribution in [3.8, 4) is 0 Å². The molecule has 0 bridgehead atoms. The molecule has 72 valence electrons. The molecule has 0 saturated carbocycles. The van der Waals surface area contributed by atoms with Gasteiger partial charge in [0.15, 0.2) is 0 Å². The van der Waals surface area contributed by atoms with Crippen LogP contribution in [0.1, 0.15) is 29.7 Å². The van der Waals surface area contributed by atoms with Gasteiger partial charge in [0.1, 0.15) is 5.76 Å². The van der Waals surface area contributed by atoms with Gasteiger partial charge in [-0.1, -0.05) is 0 Å². The van der Waals surface area contributed by atoms with E-state index in [0.717, 1.165) is 31.0 Å². The van der Waals surface area contributed by atoms with Crippen LogP contribution in [0.25, 0.3) is 0 Å². The number of aromatic nitrogens is 1. The number of aryl methyl sites for hydroxylation is 1. The minimum Gasteiger partial charge on any atom is -0.444 e. The topological polar surface area (TPSA) is 64.1 Å². The van der Waals surface area contributed by atoms with E-state index in [1.165, 1.54) is 0 Å². The van der Waals surface area contributed by atoms with Crippen molar-refractivity contribution in [2.75, 3.05) is 13.1 Å². The second kappa shape index (κ2) is 3.47. The molecule has 4 nitrogen and oxygen atoms in total. The summed E-state index contributed by atoms with van der Waals surface area (Å²) in [5, 5.41) is 3.31. The van der Waals surface area contributed by atoms with Gasteiger partial charge < -0.3 is 15.5 Å². The van der Waals surface area contributed by atoms with Gasteiger partial charge in [-0.2, -0.15) is 0 Å². The fourth-order valence-electron chi connectivity index (χ4n) is 1.82. The zero-order chi connectivity index (χ0) is 9.26. The summed E-state index contributed by atoms with van der Waals surface area (Å²) in [5.74, 6) is 2.09. The lowest BCUT2D eigenvalue weighted by atomic mass is 10.0. The Morgan fingerprint density at radius 1 is 1.69 bits per heavy atom. The maximum Gasteiger partial charge on any atom is 0.208 e. The molecular formula is C9H15N3O. The Kier molecular flexibility index (Phi) is 2.33. The third-order valence-corrected chi connectivity index (χ3v) is 2.50. The van der Waals surface area contributed by atoms with Gasteiger partial charge >= 0.3 is 0 Å². The van der Waals surface area contributed by atoms with E-state index < -0.39 is 0 Å². The fourth-order valence-corrected chi connectivity index (χ4v) is 1.82. The highest BCUT2D eigenvalue weighted by molar-refractivity contribution is 5.15. The van der Waals surface area contributed by atoms with E-state index in [-0.39, 0.29) is 0 Å². The molecule has 0 radical (unpaired) electrons. The molecule has 1 atom stereocenters. The van der Waals surface area contributed by atoms with Crippen LogP contribution in [-0.4, -0.2) is 18.1 Å². The molecule has 1 aromatic rings. The normalized spacial score (nSPS) is 22.5. The highest BCUT2D eigenvalue weighted by atomic mass is 16.4. The van der Waals surface area contributed by atoms with Gasteiger partial charge in [-0.25, -0.2) is 4.98 Å². The van der Waals surface area contributed by atoms with E-state index in [1.54, 1.807) is 0 Å². The van der Waals surface area contributed by atoms with Gasteiger partial charge in [-0.15, -0.1) is 0 Å². The molecule has 0 aliphatic carbocycles. The number of nitrogens with zero attached hydrogens (tertiary/aromatic N) is 1. The number of hydrogen-bond acceptors (Lipinski definition) is 4. The quantitative estimate of drug-likeness (QED) is 0.698. The molecule has 0 amide bonds. The largest absolute Gasteiger partial charge is 0.444 e. The monoisotopic (exact) mass is 181 g/mol. The molecule has 2 rings (SSSR count). The van der Waals surface area contributed by atoms with Crippen molar-refractivity contribution in [3.05, 3.63) is 17.3 Å². The van der Waals surface area contributed by atoms with Gasteiger partial charge in [0.05, 0.1) is 12.2 Å². The third kappa shape index (κ3) is 1.59. The smallest absolute Gasteiger partial charge is 0.208 e. The molecule has 0 spiro atoms. The maximum atomic E-state index is 5.46. The molecule has 2 heterocycles. The number of rotatable bonds is 2. The molecule has 1 saturated heterocycles. The van der Waals surface area contributed by atoms with Gasteiger partial charge in [-0.05, 0) is 19.9 Å². The Labute approximate surface area is 77.5 Å². The van der Waals surface area contributed by atoms with Crippen LogP contribution < -0.4 is 11.1 Å². The number of hydrogen-bond donors (Lipinski definition) is 2. The van der Waals surface area contributed by atoms with Crippen molar-refractivity contribution < 1.29 is 4.42 Å². The van der Waals surface area contributed by atoms with E-state index in [4.69, 9.17) is 10.2 Å². The lowest BCUT2D eigenvalue weighted by molar-refractivity contribution is 0.471. The SMILES string of the molecule is Cc1oc(CN)nc1C1CCNC1. The Bertz CT molecular complexity index is 289. The summed E-state index contributed by atoms with van der Waals surface area (Å²) < 4.78 is 5.41. The van der Waals surface area contributed by atoms with Crippen molar-refractivity contribution in [3.63, 3.8) is 0 Å². The summed E-state index contributed by atoms with van der Waals surface area (Å²) in [7, 11) is 0. The molecule has 1 aliphatic heterocycles. The van der Waals surface area contributed by atoms with Crippen LogP contribution in [0.3, 0.4) is 0 Å². The zero-order valence-corrected chi connectivity index (χ0v) is 7.84. The number of nitrogens with two attached hydrogens (primary N) is 1. The molecule has 1 fully saturated rings. The van der Waals surface area contributed by atoms with Crippen LogP contribution in [0.5, 0.6) is 0 Å². The van der Waals surface area contributed by atoms with E-state index in [9.17, 15) is 0 Å². The van der Waals surface area contributed by atoms with Crippen LogP contribution in [0.2, 0.25) is 0 Å². The van der Waals surface area contributed by atoms with Crippen molar-refractivity contribution in [2.45, 2.75) is 25.8 Å². The minimum atomic E-state index is 0.390. The van der Waals surface area contributed by atoms with Crippen molar-refractivity contribution in [1.82, 2.24) is 10.3 Å². The maximum absolute atomic E-state index is 5.46. The Hall–Kier alpha value is -0.870. The van der Waals surface area contributed by atoms with E-state index in [0.29, 0.717) is 18.4 Å². The Morgan fingerprint density at radius 3 is 3.08 bits per heavy atom. The summed E-state index contributed by atoms with van der Waals surface area (Å²) in [6.07, 6.45) is 1.15. The van der Waals surface area contributed by atoms with Gasteiger partial charge in [0.25, 0.3) is 0 Å². The van der Waals surface area contributed by atoms with Crippen LogP contribution in [0, 0.1) is 6.92 Å². The standard InChI is InChI=1S/C9H15N3O/c1-6-9(7-2-3-11-5-7)12-8(4-10)13-6/h7,11H,2-5,10H2,1H3. The van der Waals surface area contributed by atoms with Gasteiger partial charge in [0.2, 0.25) is 5.89 Å². The van der Waals surface area contributed by atoms with Gasteiger partial charge in [-0.3, -0.25) is 0 Å². The lowest BCUT2D eigenvalue weighted by Gasteiger charge is -2.03. The molecule has 1 aliphatic rings. The van der Waals surface area contributed by atoms with E-state index in [1.807, 2.05) is 6.92 Å². The molecule has 4 heteroatoms. The first kappa shape index (κ1) is 8.72. The summed E-state index contributed by atoms with van der Waals surface area (Å²) in [6.45, 7) is 4.44. The zero-order valence-electron chi connectivity index (χ0n) is 7.84. The molecule has 1 aromatic heterocycles. The second-order valence-electron chi connectivity index (χ2n) is 3.44. The molecule has 3 N–H and O–H groups in total. The highest BCUT2D eigenvalue weighted by Crippen LogP contribution is 2.24. The average Bonchev–Trinajstić information content (AvgIpc) is 2.72. The van der Waals surface area contributed by atoms with Crippen LogP contribution in [0.15, 0.2) is 4.42 Å². The van der Waals surface area contributed by atoms with E-state index >= 15 is 0 Å². The summed E-state index contributed by atoms with van der Waals surface area (Å²) in [6, 6.07) is 0. The number of oxazole rings is 1. The van der Waals surface area contributed by atoms with Crippen LogP contribution in [-0.2, 0) is 6.54 Å². The molecular weight excluding hydrogens is 166 g/mol. The average molecular weight is 181 g/mol. The number of nitrogens with one attached hydrogen (secondary N) is 1. The Balaban J connectivity index is 2.22. The van der Waals surface area contributed by atoms with Crippen molar-refractivity contribution in [2.24, 2.45) is 5.73 Å². The predicted molar refractivity (Wildman–Crippen MR) is 49.4 cm³/mol.